The van der Waals surface area contributed by atoms with Gasteiger partial charge in [-0.1, -0.05) is 13.8 Å². The summed E-state index contributed by atoms with van der Waals surface area (Å²) in [5, 5.41) is 1.92. The number of carbonyl (C=O) groups excluding carboxylic acids is 1. The molecule has 1 atom stereocenters. The number of Topliss-reactive ketones (excluding diaryl/α,β-unsaturated/α-hetero) is 1. The van der Waals surface area contributed by atoms with E-state index in [2.05, 4.69) is 15.9 Å². The second-order valence-electron chi connectivity index (χ2n) is 3.58. The molecule has 0 fully saturated rings. The fourth-order valence-corrected chi connectivity index (χ4v) is 2.74. The number of ketones is 1. The number of thiophene rings is 1. The molecule has 14 heavy (non-hydrogen) atoms. The molecule has 0 aliphatic rings. The molecule has 0 spiro atoms. The lowest BCUT2D eigenvalue weighted by atomic mass is 9.91. The van der Waals surface area contributed by atoms with Crippen LogP contribution in [0.1, 0.15) is 23.5 Å². The molecule has 1 aromatic rings. The van der Waals surface area contributed by atoms with E-state index < -0.39 is 0 Å². The lowest BCUT2D eigenvalue weighted by Gasteiger charge is -2.16. The molecule has 4 heteroatoms. The van der Waals surface area contributed by atoms with Gasteiger partial charge in [-0.05, 0) is 27.9 Å². The summed E-state index contributed by atoms with van der Waals surface area (Å²) in [5.74, 6) is 0.409. The molecule has 1 rings (SSSR count). The molecule has 0 saturated carbocycles. The third kappa shape index (κ3) is 2.65. The number of rotatable bonds is 4. The Morgan fingerprint density at radius 3 is 2.64 bits per heavy atom. The normalized spacial score (nSPS) is 13.2. The molecule has 1 aromatic heterocycles. The number of nitrogens with two attached hydrogens (primary N) is 1. The minimum atomic E-state index is -0.0550. The molecule has 2 nitrogen and oxygen atoms in total. The number of carbonyl (C=O) groups is 1. The standard InChI is InChI=1S/C10H14BrNOS/c1-6(2)8(4-12)10(13)9-3-7(11)5-14-9/h3,5-6,8H,4,12H2,1-2H3. The van der Waals surface area contributed by atoms with Crippen LogP contribution in [0.3, 0.4) is 0 Å². The van der Waals surface area contributed by atoms with Crippen molar-refractivity contribution in [3.63, 3.8) is 0 Å². The summed E-state index contributed by atoms with van der Waals surface area (Å²) in [6.07, 6.45) is 0. The molecular formula is C10H14BrNOS. The first-order chi connectivity index (χ1) is 6.56. The van der Waals surface area contributed by atoms with Crippen LogP contribution in [0.5, 0.6) is 0 Å². The van der Waals surface area contributed by atoms with Crippen molar-refractivity contribution < 1.29 is 4.79 Å². The molecule has 0 radical (unpaired) electrons. The van der Waals surface area contributed by atoms with Crippen molar-refractivity contribution in [2.45, 2.75) is 13.8 Å². The topological polar surface area (TPSA) is 43.1 Å². The second-order valence-corrected chi connectivity index (χ2v) is 5.41. The molecule has 0 amide bonds. The predicted octanol–water partition coefficient (Wildman–Crippen LogP) is 2.92. The quantitative estimate of drug-likeness (QED) is 0.859. The van der Waals surface area contributed by atoms with E-state index in [0.29, 0.717) is 12.5 Å². The zero-order chi connectivity index (χ0) is 10.7. The Balaban J connectivity index is 2.83. The first-order valence-corrected chi connectivity index (χ1v) is 6.21. The highest BCUT2D eigenvalue weighted by Crippen LogP contribution is 2.24. The monoisotopic (exact) mass is 275 g/mol. The molecule has 1 heterocycles. The maximum atomic E-state index is 11.9. The van der Waals surface area contributed by atoms with E-state index in [4.69, 9.17) is 5.73 Å². The van der Waals surface area contributed by atoms with Crippen molar-refractivity contribution in [2.24, 2.45) is 17.6 Å². The average Bonchev–Trinajstić information content (AvgIpc) is 2.52. The number of hydrogen-bond acceptors (Lipinski definition) is 3. The molecule has 0 bridgehead atoms. The Morgan fingerprint density at radius 2 is 2.29 bits per heavy atom. The van der Waals surface area contributed by atoms with Gasteiger partial charge in [0.25, 0.3) is 0 Å². The molecular weight excluding hydrogens is 262 g/mol. The summed E-state index contributed by atoms with van der Waals surface area (Å²) in [7, 11) is 0. The highest BCUT2D eigenvalue weighted by Gasteiger charge is 2.22. The SMILES string of the molecule is CC(C)C(CN)C(=O)c1cc(Br)cs1. The van der Waals surface area contributed by atoms with Gasteiger partial charge in [-0.2, -0.15) is 0 Å². The maximum absolute atomic E-state index is 11.9. The van der Waals surface area contributed by atoms with Crippen molar-refractivity contribution in [1.29, 1.82) is 0 Å². The highest BCUT2D eigenvalue weighted by atomic mass is 79.9. The van der Waals surface area contributed by atoms with Crippen LogP contribution in [0, 0.1) is 11.8 Å². The average molecular weight is 276 g/mol. The predicted molar refractivity (Wildman–Crippen MR) is 63.7 cm³/mol. The van der Waals surface area contributed by atoms with Crippen LogP contribution in [0.15, 0.2) is 15.9 Å². The summed E-state index contributed by atoms with van der Waals surface area (Å²) in [5.41, 5.74) is 5.59. The van der Waals surface area contributed by atoms with Crippen molar-refractivity contribution in [3.05, 3.63) is 20.8 Å². The van der Waals surface area contributed by atoms with Gasteiger partial charge in [0.05, 0.1) is 4.88 Å². The lowest BCUT2D eigenvalue weighted by molar-refractivity contribution is 0.0896. The van der Waals surface area contributed by atoms with Crippen molar-refractivity contribution >= 4 is 33.0 Å². The summed E-state index contributed by atoms with van der Waals surface area (Å²) >= 11 is 4.80. The minimum absolute atomic E-state index is 0.0550. The van der Waals surface area contributed by atoms with Crippen LogP contribution < -0.4 is 5.73 Å². The third-order valence-corrected chi connectivity index (χ3v) is 3.91. The van der Waals surface area contributed by atoms with E-state index in [0.717, 1.165) is 9.35 Å². The summed E-state index contributed by atoms with van der Waals surface area (Å²) in [6, 6.07) is 1.86. The summed E-state index contributed by atoms with van der Waals surface area (Å²) in [6.45, 7) is 4.47. The van der Waals surface area contributed by atoms with E-state index in [1.165, 1.54) is 11.3 Å². The van der Waals surface area contributed by atoms with E-state index in [1.807, 2.05) is 25.3 Å². The maximum Gasteiger partial charge on any atom is 0.177 e. The summed E-state index contributed by atoms with van der Waals surface area (Å²) < 4.78 is 0.963. The van der Waals surface area contributed by atoms with Gasteiger partial charge in [-0.15, -0.1) is 11.3 Å². The Bertz CT molecular complexity index is 322. The molecule has 78 valence electrons. The smallest absolute Gasteiger partial charge is 0.177 e. The van der Waals surface area contributed by atoms with Crippen LogP contribution in [-0.4, -0.2) is 12.3 Å². The lowest BCUT2D eigenvalue weighted by Crippen LogP contribution is -2.27. The fourth-order valence-electron chi connectivity index (χ4n) is 1.31. The van der Waals surface area contributed by atoms with Gasteiger partial charge in [0.1, 0.15) is 0 Å². The van der Waals surface area contributed by atoms with Crippen molar-refractivity contribution in [1.82, 2.24) is 0 Å². The minimum Gasteiger partial charge on any atom is -0.330 e. The molecule has 0 aromatic carbocycles. The molecule has 2 N–H and O–H groups in total. The fraction of sp³-hybridized carbons (Fsp3) is 0.500. The first-order valence-electron chi connectivity index (χ1n) is 4.54. The van der Waals surface area contributed by atoms with Crippen LogP contribution in [-0.2, 0) is 0 Å². The zero-order valence-corrected chi connectivity index (χ0v) is 10.7. The molecule has 0 saturated heterocycles. The largest absolute Gasteiger partial charge is 0.330 e. The van der Waals surface area contributed by atoms with Gasteiger partial charge in [-0.3, -0.25) is 4.79 Å². The van der Waals surface area contributed by atoms with Crippen LogP contribution in [0.4, 0.5) is 0 Å². The van der Waals surface area contributed by atoms with E-state index in [9.17, 15) is 4.79 Å². The molecule has 1 unspecified atom stereocenters. The molecule has 0 aliphatic carbocycles. The Kier molecular flexibility index (Phi) is 4.29. The van der Waals surface area contributed by atoms with Gasteiger partial charge < -0.3 is 5.73 Å². The zero-order valence-electron chi connectivity index (χ0n) is 8.29. The highest BCUT2D eigenvalue weighted by molar-refractivity contribution is 9.10. The Morgan fingerprint density at radius 1 is 1.64 bits per heavy atom. The second kappa shape index (κ2) is 5.05. The van der Waals surface area contributed by atoms with E-state index in [1.54, 1.807) is 0 Å². The van der Waals surface area contributed by atoms with E-state index >= 15 is 0 Å². The number of hydrogen-bond donors (Lipinski definition) is 1. The van der Waals surface area contributed by atoms with Gasteiger partial charge in [0, 0.05) is 22.3 Å². The van der Waals surface area contributed by atoms with Gasteiger partial charge in [0.15, 0.2) is 5.78 Å². The van der Waals surface area contributed by atoms with Gasteiger partial charge in [-0.25, -0.2) is 0 Å². The van der Waals surface area contributed by atoms with Crippen LogP contribution >= 0.6 is 27.3 Å². The number of halogens is 1. The van der Waals surface area contributed by atoms with E-state index in [-0.39, 0.29) is 11.7 Å². The Hall–Kier alpha value is -0.190. The van der Waals surface area contributed by atoms with Crippen LogP contribution in [0.25, 0.3) is 0 Å². The third-order valence-electron chi connectivity index (χ3n) is 2.21. The van der Waals surface area contributed by atoms with Gasteiger partial charge >= 0.3 is 0 Å². The van der Waals surface area contributed by atoms with Crippen LogP contribution in [0.2, 0.25) is 0 Å². The molecule has 0 aliphatic heterocycles. The van der Waals surface area contributed by atoms with Crippen molar-refractivity contribution in [3.8, 4) is 0 Å². The van der Waals surface area contributed by atoms with Gasteiger partial charge in [0.2, 0.25) is 0 Å². The van der Waals surface area contributed by atoms with Crippen molar-refractivity contribution in [2.75, 3.05) is 6.54 Å². The first kappa shape index (κ1) is 11.9. The Labute approximate surface area is 96.6 Å². The summed E-state index contributed by atoms with van der Waals surface area (Å²) in [4.78, 5) is 12.7.